The van der Waals surface area contributed by atoms with Crippen molar-refractivity contribution < 1.29 is 19.2 Å². The number of carbonyl (C=O) groups excluding carboxylic acids is 2. The molecule has 2 aromatic carbocycles. The molecule has 1 fully saturated rings. The third-order valence-electron chi connectivity index (χ3n) is 4.51. The minimum Gasteiger partial charge on any atom is -0.378 e. The molecule has 9 heteroatoms. The highest BCUT2D eigenvalue weighted by atomic mass is 16.6. The van der Waals surface area contributed by atoms with Gasteiger partial charge >= 0.3 is 0 Å². The van der Waals surface area contributed by atoms with Crippen molar-refractivity contribution in [3.63, 3.8) is 0 Å². The molecule has 0 aliphatic carbocycles. The van der Waals surface area contributed by atoms with E-state index >= 15 is 0 Å². The third kappa shape index (κ3) is 5.76. The van der Waals surface area contributed by atoms with Crippen LogP contribution in [0.2, 0.25) is 0 Å². The van der Waals surface area contributed by atoms with Crippen molar-refractivity contribution in [1.82, 2.24) is 5.32 Å². The van der Waals surface area contributed by atoms with Gasteiger partial charge in [0.05, 0.1) is 18.1 Å². The Morgan fingerprint density at radius 3 is 2.31 bits per heavy atom. The molecule has 0 bridgehead atoms. The molecule has 9 nitrogen and oxygen atoms in total. The molecule has 0 aromatic heterocycles. The Labute approximate surface area is 167 Å². The molecule has 1 saturated heterocycles. The van der Waals surface area contributed by atoms with Crippen LogP contribution < -0.4 is 15.5 Å². The zero-order chi connectivity index (χ0) is 20.6. The SMILES string of the molecule is O=C(CCNC(=O)c1ccc([N+](=O)[O-])cc1)Nc1ccc(N2CCOCC2)cc1. The highest BCUT2D eigenvalue weighted by Crippen LogP contribution is 2.19. The molecule has 3 rings (SSSR count). The first-order valence-corrected chi connectivity index (χ1v) is 9.28. The number of carbonyl (C=O) groups is 2. The maximum absolute atomic E-state index is 12.1. The summed E-state index contributed by atoms with van der Waals surface area (Å²) in [5, 5.41) is 16.1. The van der Waals surface area contributed by atoms with Crippen molar-refractivity contribution in [2.75, 3.05) is 43.1 Å². The molecule has 0 unspecified atom stereocenters. The summed E-state index contributed by atoms with van der Waals surface area (Å²) in [6, 6.07) is 12.9. The van der Waals surface area contributed by atoms with E-state index in [1.54, 1.807) is 0 Å². The van der Waals surface area contributed by atoms with Crippen LogP contribution in [-0.2, 0) is 9.53 Å². The van der Waals surface area contributed by atoms with Crippen LogP contribution in [0.4, 0.5) is 17.1 Å². The molecule has 0 spiro atoms. The number of benzene rings is 2. The highest BCUT2D eigenvalue weighted by molar-refractivity contribution is 5.95. The fraction of sp³-hybridized carbons (Fsp3) is 0.300. The van der Waals surface area contributed by atoms with Crippen LogP contribution in [0.3, 0.4) is 0 Å². The van der Waals surface area contributed by atoms with E-state index in [2.05, 4.69) is 15.5 Å². The molecule has 1 heterocycles. The lowest BCUT2D eigenvalue weighted by Gasteiger charge is -2.28. The van der Waals surface area contributed by atoms with Gasteiger partial charge in [0.15, 0.2) is 0 Å². The van der Waals surface area contributed by atoms with Gasteiger partial charge in [-0.05, 0) is 36.4 Å². The van der Waals surface area contributed by atoms with Crippen LogP contribution >= 0.6 is 0 Å². The maximum atomic E-state index is 12.1. The summed E-state index contributed by atoms with van der Waals surface area (Å²) in [4.78, 5) is 36.4. The largest absolute Gasteiger partial charge is 0.378 e. The van der Waals surface area contributed by atoms with Gasteiger partial charge in [-0.15, -0.1) is 0 Å². The van der Waals surface area contributed by atoms with Gasteiger partial charge in [-0.1, -0.05) is 0 Å². The Morgan fingerprint density at radius 2 is 1.69 bits per heavy atom. The molecular weight excluding hydrogens is 376 g/mol. The summed E-state index contributed by atoms with van der Waals surface area (Å²) in [7, 11) is 0. The highest BCUT2D eigenvalue weighted by Gasteiger charge is 2.12. The Bertz CT molecular complexity index is 861. The quantitative estimate of drug-likeness (QED) is 0.546. The van der Waals surface area contributed by atoms with Gasteiger partial charge in [0.25, 0.3) is 11.6 Å². The van der Waals surface area contributed by atoms with Crippen molar-refractivity contribution >= 4 is 28.9 Å². The summed E-state index contributed by atoms with van der Waals surface area (Å²) in [6.07, 6.45) is 0.115. The van der Waals surface area contributed by atoms with Crippen molar-refractivity contribution in [2.24, 2.45) is 0 Å². The monoisotopic (exact) mass is 398 g/mol. The first-order valence-electron chi connectivity index (χ1n) is 9.28. The summed E-state index contributed by atoms with van der Waals surface area (Å²) >= 11 is 0. The predicted octanol–water partition coefficient (Wildman–Crippen LogP) is 2.19. The van der Waals surface area contributed by atoms with E-state index in [-0.39, 0.29) is 30.5 Å². The van der Waals surface area contributed by atoms with E-state index in [1.807, 2.05) is 24.3 Å². The number of nitro benzene ring substituents is 1. The molecule has 29 heavy (non-hydrogen) atoms. The van der Waals surface area contributed by atoms with Crippen LogP contribution in [-0.4, -0.2) is 49.6 Å². The van der Waals surface area contributed by atoms with Crippen LogP contribution in [0, 0.1) is 10.1 Å². The second-order valence-corrected chi connectivity index (χ2v) is 6.50. The number of rotatable bonds is 7. The molecule has 0 radical (unpaired) electrons. The third-order valence-corrected chi connectivity index (χ3v) is 4.51. The second kappa shape index (κ2) is 9.65. The van der Waals surface area contributed by atoms with E-state index < -0.39 is 4.92 Å². The first kappa shape index (κ1) is 20.3. The molecular formula is C20H22N4O5. The number of amides is 2. The Morgan fingerprint density at radius 1 is 1.03 bits per heavy atom. The van der Waals surface area contributed by atoms with E-state index in [0.717, 1.165) is 18.8 Å². The smallest absolute Gasteiger partial charge is 0.269 e. The van der Waals surface area contributed by atoms with Gasteiger partial charge in [0.2, 0.25) is 5.91 Å². The number of hydrogen-bond acceptors (Lipinski definition) is 6. The standard InChI is InChI=1S/C20H22N4O5/c25-19(9-10-21-20(26)15-1-5-18(6-2-15)24(27)28)22-16-3-7-17(8-4-16)23-11-13-29-14-12-23/h1-8H,9-14H2,(H,21,26)(H,22,25). The molecule has 2 aromatic rings. The van der Waals surface area contributed by atoms with Crippen molar-refractivity contribution in [3.8, 4) is 0 Å². The van der Waals surface area contributed by atoms with E-state index in [0.29, 0.717) is 24.5 Å². The van der Waals surface area contributed by atoms with Crippen molar-refractivity contribution in [3.05, 3.63) is 64.2 Å². The van der Waals surface area contributed by atoms with Gasteiger partial charge in [-0.2, -0.15) is 0 Å². The Kier molecular flexibility index (Phi) is 6.75. The Hall–Kier alpha value is -3.46. The molecule has 2 N–H and O–H groups in total. The van der Waals surface area contributed by atoms with Crippen molar-refractivity contribution in [1.29, 1.82) is 0 Å². The lowest BCUT2D eigenvalue weighted by Crippen LogP contribution is -2.36. The van der Waals surface area contributed by atoms with E-state index in [4.69, 9.17) is 4.74 Å². The molecule has 152 valence electrons. The molecule has 0 saturated carbocycles. The predicted molar refractivity (Wildman–Crippen MR) is 108 cm³/mol. The van der Waals surface area contributed by atoms with Crippen molar-refractivity contribution in [2.45, 2.75) is 6.42 Å². The molecule has 0 atom stereocenters. The lowest BCUT2D eigenvalue weighted by molar-refractivity contribution is -0.384. The zero-order valence-corrected chi connectivity index (χ0v) is 15.8. The normalized spacial score (nSPS) is 13.6. The topological polar surface area (TPSA) is 114 Å². The summed E-state index contributed by atoms with van der Waals surface area (Å²) in [6.45, 7) is 3.28. The number of anilines is 2. The van der Waals surface area contributed by atoms with Crippen LogP contribution in [0.15, 0.2) is 48.5 Å². The maximum Gasteiger partial charge on any atom is 0.269 e. The van der Waals surface area contributed by atoms with Gasteiger partial charge in [0, 0.05) is 55.1 Å². The van der Waals surface area contributed by atoms with Gasteiger partial charge < -0.3 is 20.3 Å². The molecule has 2 amide bonds. The van der Waals surface area contributed by atoms with Crippen LogP contribution in [0.25, 0.3) is 0 Å². The van der Waals surface area contributed by atoms with Crippen LogP contribution in [0.1, 0.15) is 16.8 Å². The minimum absolute atomic E-state index is 0.0828. The number of nitrogens with zero attached hydrogens (tertiary/aromatic N) is 2. The summed E-state index contributed by atoms with van der Waals surface area (Å²) in [5.41, 5.74) is 1.99. The first-order chi connectivity index (χ1) is 14.0. The Balaban J connectivity index is 1.42. The summed E-state index contributed by atoms with van der Waals surface area (Å²) in [5.74, 6) is -0.601. The van der Waals surface area contributed by atoms with Gasteiger partial charge in [0.1, 0.15) is 0 Å². The number of morpholine rings is 1. The number of hydrogen-bond donors (Lipinski definition) is 2. The summed E-state index contributed by atoms with van der Waals surface area (Å²) < 4.78 is 5.34. The van der Waals surface area contributed by atoms with Gasteiger partial charge in [-0.3, -0.25) is 19.7 Å². The minimum atomic E-state index is -0.528. The molecule has 1 aliphatic heterocycles. The second-order valence-electron chi connectivity index (χ2n) is 6.50. The van der Waals surface area contributed by atoms with Gasteiger partial charge in [-0.25, -0.2) is 0 Å². The van der Waals surface area contributed by atoms with Crippen LogP contribution in [0.5, 0.6) is 0 Å². The number of ether oxygens (including phenoxy) is 1. The number of nitro groups is 1. The molecule has 1 aliphatic rings. The average molecular weight is 398 g/mol. The average Bonchev–Trinajstić information content (AvgIpc) is 2.75. The fourth-order valence-electron chi connectivity index (χ4n) is 2.93. The zero-order valence-electron chi connectivity index (χ0n) is 15.8. The van der Waals surface area contributed by atoms with E-state index in [9.17, 15) is 19.7 Å². The van der Waals surface area contributed by atoms with E-state index in [1.165, 1.54) is 24.3 Å². The lowest BCUT2D eigenvalue weighted by atomic mass is 10.2. The number of nitrogens with one attached hydrogen (secondary N) is 2. The number of non-ortho nitro benzene ring substituents is 1. The fourth-order valence-corrected chi connectivity index (χ4v) is 2.93.